The molecule has 0 fully saturated rings. The molecule has 6 nitrogen and oxygen atoms in total. The largest absolute Gasteiger partial charge is 0.396 e. The summed E-state index contributed by atoms with van der Waals surface area (Å²) in [6, 6.07) is 2.94. The van der Waals surface area contributed by atoms with E-state index in [-0.39, 0.29) is 21.5 Å². The minimum Gasteiger partial charge on any atom is -0.396 e. The van der Waals surface area contributed by atoms with Gasteiger partial charge in [-0.2, -0.15) is 5.10 Å². The van der Waals surface area contributed by atoms with Crippen molar-refractivity contribution in [3.05, 3.63) is 39.0 Å². The second kappa shape index (κ2) is 6.53. The molecule has 114 valence electrons. The van der Waals surface area contributed by atoms with Crippen molar-refractivity contribution < 1.29 is 8.42 Å². The molecule has 0 aliphatic rings. The zero-order valence-corrected chi connectivity index (χ0v) is 14.5. The molecule has 0 bridgehead atoms. The molecule has 3 N–H and O–H groups in total. The molecule has 1 aromatic heterocycles. The highest BCUT2D eigenvalue weighted by atomic mass is 79.9. The van der Waals surface area contributed by atoms with Gasteiger partial charge in [0.1, 0.15) is 4.90 Å². The first-order valence-electron chi connectivity index (χ1n) is 5.72. The molecule has 21 heavy (non-hydrogen) atoms. The van der Waals surface area contributed by atoms with E-state index in [1.165, 1.54) is 23.0 Å². The van der Waals surface area contributed by atoms with Crippen molar-refractivity contribution in [3.63, 3.8) is 0 Å². The number of halogens is 3. The minimum atomic E-state index is -3.81. The summed E-state index contributed by atoms with van der Waals surface area (Å²) in [5.74, 6) is 0. The number of nitrogen functional groups attached to an aromatic ring is 1. The van der Waals surface area contributed by atoms with E-state index in [0.29, 0.717) is 16.7 Å². The van der Waals surface area contributed by atoms with E-state index in [4.69, 9.17) is 28.9 Å². The highest BCUT2D eigenvalue weighted by Gasteiger charge is 2.21. The van der Waals surface area contributed by atoms with Crippen LogP contribution >= 0.6 is 39.1 Å². The Morgan fingerprint density at radius 1 is 1.33 bits per heavy atom. The van der Waals surface area contributed by atoms with E-state index < -0.39 is 10.0 Å². The van der Waals surface area contributed by atoms with Crippen LogP contribution in [-0.2, 0) is 16.6 Å². The average molecular weight is 414 g/mol. The number of rotatable bonds is 5. The Bertz CT molecular complexity index is 740. The van der Waals surface area contributed by atoms with Gasteiger partial charge in [0.15, 0.2) is 0 Å². The van der Waals surface area contributed by atoms with E-state index in [2.05, 4.69) is 25.8 Å². The highest BCUT2D eigenvalue weighted by molar-refractivity contribution is 9.10. The quantitative estimate of drug-likeness (QED) is 0.787. The maximum atomic E-state index is 12.2. The lowest BCUT2D eigenvalue weighted by atomic mass is 10.4. The van der Waals surface area contributed by atoms with Gasteiger partial charge in [0, 0.05) is 17.2 Å². The predicted molar refractivity (Wildman–Crippen MR) is 86.0 cm³/mol. The number of aromatic nitrogens is 2. The van der Waals surface area contributed by atoms with Crippen molar-refractivity contribution in [1.82, 2.24) is 14.5 Å². The number of hydrogen-bond acceptors (Lipinski definition) is 4. The second-order valence-electron chi connectivity index (χ2n) is 4.13. The van der Waals surface area contributed by atoms with E-state index in [0.717, 1.165) is 0 Å². The molecule has 0 aliphatic carbocycles. The number of nitrogens with zero attached hydrogens (tertiary/aromatic N) is 2. The topological polar surface area (TPSA) is 90.0 Å². The van der Waals surface area contributed by atoms with E-state index in [1.807, 2.05) is 0 Å². The Morgan fingerprint density at radius 3 is 2.48 bits per heavy atom. The number of nitrogens with two attached hydrogens (primary N) is 1. The van der Waals surface area contributed by atoms with Gasteiger partial charge in [-0.25, -0.2) is 13.1 Å². The molecule has 0 spiro atoms. The molecular weight excluding hydrogens is 403 g/mol. The van der Waals surface area contributed by atoms with E-state index in [9.17, 15) is 8.42 Å². The maximum absolute atomic E-state index is 12.2. The van der Waals surface area contributed by atoms with Crippen LogP contribution in [0.3, 0.4) is 0 Å². The van der Waals surface area contributed by atoms with Crippen molar-refractivity contribution in [1.29, 1.82) is 0 Å². The monoisotopic (exact) mass is 412 g/mol. The Labute approximate surface area is 140 Å². The summed E-state index contributed by atoms with van der Waals surface area (Å²) in [5.41, 5.74) is 6.03. The molecular formula is C11H11BrCl2N4O2S. The first-order valence-corrected chi connectivity index (χ1v) is 8.75. The van der Waals surface area contributed by atoms with Crippen LogP contribution in [0.4, 0.5) is 5.69 Å². The molecule has 0 atom stereocenters. The van der Waals surface area contributed by atoms with Crippen molar-refractivity contribution in [2.75, 3.05) is 12.3 Å². The molecule has 0 saturated carbocycles. The van der Waals surface area contributed by atoms with Crippen LogP contribution in [0.25, 0.3) is 0 Å². The summed E-state index contributed by atoms with van der Waals surface area (Å²) < 4.78 is 29.0. The molecule has 10 heteroatoms. The summed E-state index contributed by atoms with van der Waals surface area (Å²) in [6.07, 6.45) is 3.09. The second-order valence-corrected chi connectivity index (χ2v) is 7.57. The normalized spacial score (nSPS) is 11.8. The fourth-order valence-corrected chi connectivity index (χ4v) is 4.61. The minimum absolute atomic E-state index is 0.0465. The molecule has 0 amide bonds. The molecule has 2 aromatic rings. The van der Waals surface area contributed by atoms with Gasteiger partial charge in [0.2, 0.25) is 10.0 Å². The first kappa shape index (κ1) is 16.6. The first-order chi connectivity index (χ1) is 9.79. The van der Waals surface area contributed by atoms with Gasteiger partial charge in [0.05, 0.1) is 28.5 Å². The van der Waals surface area contributed by atoms with Crippen molar-refractivity contribution in [2.45, 2.75) is 11.4 Å². The van der Waals surface area contributed by atoms with Crippen molar-refractivity contribution >= 4 is 54.8 Å². The van der Waals surface area contributed by atoms with Crippen LogP contribution in [0.1, 0.15) is 0 Å². The number of sulfonamides is 1. The standard InChI is InChI=1S/C11H11BrCl2N4O2S/c12-7-3-9(13)11(10(14)4-7)21(19,20)17-1-2-18-6-8(15)5-16-18/h3-6,17H,1-2,15H2. The fraction of sp³-hybridized carbons (Fsp3) is 0.182. The molecule has 0 saturated heterocycles. The van der Waals surface area contributed by atoms with Gasteiger partial charge in [-0.05, 0) is 12.1 Å². The van der Waals surface area contributed by atoms with Gasteiger partial charge in [-0.1, -0.05) is 39.1 Å². The Hall–Kier alpha value is -0.800. The summed E-state index contributed by atoms with van der Waals surface area (Å²) >= 11 is 15.1. The molecule has 0 radical (unpaired) electrons. The molecule has 2 rings (SSSR count). The van der Waals surface area contributed by atoms with Gasteiger partial charge in [-0.15, -0.1) is 0 Å². The zero-order chi connectivity index (χ0) is 15.6. The summed E-state index contributed by atoms with van der Waals surface area (Å²) in [6.45, 7) is 0.467. The number of benzene rings is 1. The van der Waals surface area contributed by atoms with Crippen LogP contribution in [-0.4, -0.2) is 24.7 Å². The molecule has 1 heterocycles. The SMILES string of the molecule is Nc1cnn(CCNS(=O)(=O)c2c(Cl)cc(Br)cc2Cl)c1. The molecule has 1 aromatic carbocycles. The fourth-order valence-electron chi connectivity index (χ4n) is 1.65. The van der Waals surface area contributed by atoms with Gasteiger partial charge in [0.25, 0.3) is 0 Å². The van der Waals surface area contributed by atoms with Crippen LogP contribution in [0.15, 0.2) is 33.9 Å². The maximum Gasteiger partial charge on any atom is 0.243 e. The Balaban J connectivity index is 2.12. The third-order valence-corrected chi connectivity index (χ3v) is 5.36. The number of nitrogens with one attached hydrogen (secondary N) is 1. The van der Waals surface area contributed by atoms with E-state index in [1.54, 1.807) is 6.20 Å². The predicted octanol–water partition coefficient (Wildman–Crippen LogP) is 2.51. The van der Waals surface area contributed by atoms with Gasteiger partial charge >= 0.3 is 0 Å². The van der Waals surface area contributed by atoms with Gasteiger partial charge < -0.3 is 5.73 Å². The average Bonchev–Trinajstić information content (AvgIpc) is 2.72. The van der Waals surface area contributed by atoms with Crippen molar-refractivity contribution in [2.24, 2.45) is 0 Å². The third-order valence-electron chi connectivity index (χ3n) is 2.52. The van der Waals surface area contributed by atoms with Gasteiger partial charge in [-0.3, -0.25) is 4.68 Å². The van der Waals surface area contributed by atoms with Crippen molar-refractivity contribution in [3.8, 4) is 0 Å². The Morgan fingerprint density at radius 2 is 1.95 bits per heavy atom. The van der Waals surface area contributed by atoms with Crippen LogP contribution in [0.2, 0.25) is 10.0 Å². The summed E-state index contributed by atoms with van der Waals surface area (Å²) in [5, 5.41) is 4.05. The van der Waals surface area contributed by atoms with Crippen LogP contribution < -0.4 is 10.5 Å². The summed E-state index contributed by atoms with van der Waals surface area (Å²) in [7, 11) is -3.81. The summed E-state index contributed by atoms with van der Waals surface area (Å²) in [4.78, 5) is -0.144. The number of anilines is 1. The zero-order valence-electron chi connectivity index (χ0n) is 10.6. The number of hydrogen-bond donors (Lipinski definition) is 2. The molecule has 0 aliphatic heterocycles. The van der Waals surface area contributed by atoms with E-state index >= 15 is 0 Å². The smallest absolute Gasteiger partial charge is 0.243 e. The molecule has 0 unspecified atom stereocenters. The van der Waals surface area contributed by atoms with Crippen LogP contribution in [0.5, 0.6) is 0 Å². The lowest BCUT2D eigenvalue weighted by Gasteiger charge is -2.10. The highest BCUT2D eigenvalue weighted by Crippen LogP contribution is 2.32. The third kappa shape index (κ3) is 4.10. The lowest BCUT2D eigenvalue weighted by molar-refractivity contribution is 0.561. The van der Waals surface area contributed by atoms with Crippen LogP contribution in [0, 0.1) is 0 Å². The lowest BCUT2D eigenvalue weighted by Crippen LogP contribution is -2.28. The Kier molecular flexibility index (Phi) is 5.15.